The minimum absolute atomic E-state index is 0.170. The topological polar surface area (TPSA) is 32.5 Å². The zero-order chi connectivity index (χ0) is 14.8. The number of aryl methyl sites for hydroxylation is 1. The Kier molecular flexibility index (Phi) is 4.63. The van der Waals surface area contributed by atoms with E-state index in [4.69, 9.17) is 5.73 Å². The number of benzene rings is 1. The van der Waals surface area contributed by atoms with Crippen molar-refractivity contribution in [3.63, 3.8) is 0 Å². The average Bonchev–Trinajstić information content (AvgIpc) is 2.67. The second-order valence-electron chi connectivity index (χ2n) is 6.66. The van der Waals surface area contributed by atoms with Gasteiger partial charge in [-0.1, -0.05) is 31.2 Å². The lowest BCUT2D eigenvalue weighted by Gasteiger charge is -2.44. The normalized spacial score (nSPS) is 31.7. The van der Waals surface area contributed by atoms with Crippen LogP contribution in [0, 0.1) is 0 Å². The van der Waals surface area contributed by atoms with Crippen LogP contribution in [0.3, 0.4) is 0 Å². The maximum absolute atomic E-state index is 6.68. The largest absolute Gasteiger partial charge is 0.323 e. The van der Waals surface area contributed by atoms with Crippen molar-refractivity contribution < 1.29 is 0 Å². The van der Waals surface area contributed by atoms with Crippen LogP contribution in [0.1, 0.15) is 43.9 Å². The molecular formula is C18H29N3. The Morgan fingerprint density at radius 1 is 1.24 bits per heavy atom. The first-order valence-corrected chi connectivity index (χ1v) is 8.52. The maximum atomic E-state index is 6.68. The molecule has 1 fully saturated rings. The van der Waals surface area contributed by atoms with Crippen LogP contribution in [0.25, 0.3) is 0 Å². The number of nitrogens with two attached hydrogens (primary N) is 1. The van der Waals surface area contributed by atoms with E-state index in [0.29, 0.717) is 12.1 Å². The minimum Gasteiger partial charge on any atom is -0.323 e. The first-order valence-electron chi connectivity index (χ1n) is 8.52. The molecule has 0 aromatic heterocycles. The predicted octanol–water partition coefficient (Wildman–Crippen LogP) is 2.42. The quantitative estimate of drug-likeness (QED) is 0.848. The van der Waals surface area contributed by atoms with Gasteiger partial charge in [-0.15, -0.1) is 0 Å². The van der Waals surface area contributed by atoms with E-state index >= 15 is 0 Å². The van der Waals surface area contributed by atoms with Gasteiger partial charge in [0.05, 0.1) is 0 Å². The van der Waals surface area contributed by atoms with Crippen molar-refractivity contribution in [2.24, 2.45) is 5.73 Å². The summed E-state index contributed by atoms with van der Waals surface area (Å²) < 4.78 is 0. The molecule has 1 aliphatic carbocycles. The van der Waals surface area contributed by atoms with Crippen LogP contribution in [0.5, 0.6) is 0 Å². The van der Waals surface area contributed by atoms with Crippen molar-refractivity contribution >= 4 is 0 Å². The van der Waals surface area contributed by atoms with Crippen molar-refractivity contribution in [2.45, 2.75) is 51.2 Å². The second-order valence-corrected chi connectivity index (χ2v) is 6.66. The van der Waals surface area contributed by atoms with E-state index in [1.807, 2.05) is 0 Å². The number of fused-ring (bicyclic) bond motifs is 1. The molecule has 0 saturated carbocycles. The van der Waals surface area contributed by atoms with E-state index in [0.717, 1.165) is 13.1 Å². The van der Waals surface area contributed by atoms with Crippen molar-refractivity contribution in [1.29, 1.82) is 0 Å². The molecule has 3 atom stereocenters. The zero-order valence-electron chi connectivity index (χ0n) is 13.5. The van der Waals surface area contributed by atoms with Crippen LogP contribution in [0.4, 0.5) is 0 Å². The molecular weight excluding hydrogens is 258 g/mol. The highest BCUT2D eigenvalue weighted by molar-refractivity contribution is 5.32. The van der Waals surface area contributed by atoms with E-state index in [2.05, 4.69) is 47.9 Å². The summed E-state index contributed by atoms with van der Waals surface area (Å²) in [7, 11) is 0. The Morgan fingerprint density at radius 2 is 2.05 bits per heavy atom. The lowest BCUT2D eigenvalue weighted by Crippen LogP contribution is -2.56. The number of piperazine rings is 1. The SMILES string of the molecule is CCN1CCN(C2CCCc3ccccc3C2N)CC1C. The summed E-state index contributed by atoms with van der Waals surface area (Å²) in [5.74, 6) is 0. The van der Waals surface area contributed by atoms with E-state index in [-0.39, 0.29) is 6.04 Å². The fraction of sp³-hybridized carbons (Fsp3) is 0.667. The van der Waals surface area contributed by atoms with Crippen molar-refractivity contribution in [3.05, 3.63) is 35.4 Å². The molecule has 1 saturated heterocycles. The molecule has 0 amide bonds. The van der Waals surface area contributed by atoms with Gasteiger partial charge in [-0.05, 0) is 43.9 Å². The lowest BCUT2D eigenvalue weighted by atomic mass is 9.95. The molecule has 3 nitrogen and oxygen atoms in total. The molecule has 1 aromatic carbocycles. The molecule has 3 heteroatoms. The molecule has 1 aromatic rings. The van der Waals surface area contributed by atoms with E-state index in [1.165, 1.54) is 43.5 Å². The molecule has 0 bridgehead atoms. The van der Waals surface area contributed by atoms with Crippen LogP contribution in [-0.2, 0) is 6.42 Å². The summed E-state index contributed by atoms with van der Waals surface area (Å²) in [6.07, 6.45) is 3.68. The summed E-state index contributed by atoms with van der Waals surface area (Å²) in [6.45, 7) is 9.29. The molecule has 2 aliphatic rings. The third-order valence-electron chi connectivity index (χ3n) is 5.45. The van der Waals surface area contributed by atoms with Crippen molar-refractivity contribution in [1.82, 2.24) is 9.80 Å². The average molecular weight is 287 g/mol. The molecule has 116 valence electrons. The fourth-order valence-electron chi connectivity index (χ4n) is 4.18. The Balaban J connectivity index is 1.77. The Morgan fingerprint density at radius 3 is 2.81 bits per heavy atom. The van der Waals surface area contributed by atoms with Crippen molar-refractivity contribution in [3.8, 4) is 0 Å². The number of likely N-dealkylation sites (N-methyl/N-ethyl adjacent to an activating group) is 1. The Labute approximate surface area is 129 Å². The highest BCUT2D eigenvalue weighted by Gasteiger charge is 2.33. The molecule has 0 radical (unpaired) electrons. The fourth-order valence-corrected chi connectivity index (χ4v) is 4.18. The van der Waals surface area contributed by atoms with Crippen LogP contribution in [0.2, 0.25) is 0 Å². The van der Waals surface area contributed by atoms with Crippen molar-refractivity contribution in [2.75, 3.05) is 26.2 Å². The van der Waals surface area contributed by atoms with E-state index in [9.17, 15) is 0 Å². The van der Waals surface area contributed by atoms with Gasteiger partial charge in [0.15, 0.2) is 0 Å². The highest BCUT2D eigenvalue weighted by atomic mass is 15.3. The van der Waals surface area contributed by atoms with Crippen LogP contribution in [-0.4, -0.2) is 48.1 Å². The Bertz CT molecular complexity index is 473. The summed E-state index contributed by atoms with van der Waals surface area (Å²) in [4.78, 5) is 5.23. The molecule has 2 N–H and O–H groups in total. The first kappa shape index (κ1) is 15.0. The molecule has 0 spiro atoms. The van der Waals surface area contributed by atoms with Gasteiger partial charge in [-0.3, -0.25) is 9.80 Å². The summed E-state index contributed by atoms with van der Waals surface area (Å²) in [5, 5.41) is 0. The van der Waals surface area contributed by atoms with Gasteiger partial charge in [0.2, 0.25) is 0 Å². The van der Waals surface area contributed by atoms with Crippen LogP contribution in [0.15, 0.2) is 24.3 Å². The standard InChI is InChI=1S/C18H29N3/c1-3-20-11-12-21(13-14(20)2)17-10-6-8-15-7-4-5-9-16(15)18(17)19/h4-5,7,9,14,17-18H,3,6,8,10-13,19H2,1-2H3. The molecule has 1 heterocycles. The van der Waals surface area contributed by atoms with Gasteiger partial charge in [-0.2, -0.15) is 0 Å². The van der Waals surface area contributed by atoms with Gasteiger partial charge in [0.1, 0.15) is 0 Å². The third-order valence-corrected chi connectivity index (χ3v) is 5.45. The predicted molar refractivity (Wildman–Crippen MR) is 88.4 cm³/mol. The summed E-state index contributed by atoms with van der Waals surface area (Å²) in [5.41, 5.74) is 9.52. The molecule has 1 aliphatic heterocycles. The minimum atomic E-state index is 0.170. The maximum Gasteiger partial charge on any atom is 0.0455 e. The second kappa shape index (κ2) is 6.47. The lowest BCUT2D eigenvalue weighted by molar-refractivity contribution is 0.0474. The van der Waals surface area contributed by atoms with Gasteiger partial charge < -0.3 is 5.73 Å². The molecule has 3 rings (SSSR count). The number of nitrogens with zero attached hydrogens (tertiary/aromatic N) is 2. The number of rotatable bonds is 2. The summed E-state index contributed by atoms with van der Waals surface area (Å²) >= 11 is 0. The van der Waals surface area contributed by atoms with Crippen LogP contribution >= 0.6 is 0 Å². The van der Waals surface area contributed by atoms with Gasteiger partial charge in [0, 0.05) is 37.8 Å². The Hall–Kier alpha value is -0.900. The number of hydrogen-bond acceptors (Lipinski definition) is 3. The van der Waals surface area contributed by atoms with Gasteiger partial charge in [0.25, 0.3) is 0 Å². The van der Waals surface area contributed by atoms with Gasteiger partial charge in [-0.25, -0.2) is 0 Å². The van der Waals surface area contributed by atoms with Gasteiger partial charge >= 0.3 is 0 Å². The van der Waals surface area contributed by atoms with E-state index < -0.39 is 0 Å². The number of hydrogen-bond donors (Lipinski definition) is 1. The highest BCUT2D eigenvalue weighted by Crippen LogP contribution is 2.31. The zero-order valence-corrected chi connectivity index (χ0v) is 13.5. The molecule has 21 heavy (non-hydrogen) atoms. The van der Waals surface area contributed by atoms with Crippen LogP contribution < -0.4 is 5.73 Å². The third kappa shape index (κ3) is 3.01. The monoisotopic (exact) mass is 287 g/mol. The first-order chi connectivity index (χ1) is 10.2. The molecule has 3 unspecified atom stereocenters. The van der Waals surface area contributed by atoms with E-state index in [1.54, 1.807) is 0 Å². The summed E-state index contributed by atoms with van der Waals surface area (Å²) in [6, 6.07) is 10.1. The smallest absolute Gasteiger partial charge is 0.0455 e.